The average molecular weight is 405 g/mol. The quantitative estimate of drug-likeness (QED) is 0.447. The van der Waals surface area contributed by atoms with Gasteiger partial charge in [-0.05, 0) is 54.1 Å². The van der Waals surface area contributed by atoms with Crippen molar-refractivity contribution in [3.63, 3.8) is 0 Å². The first-order valence-electron chi connectivity index (χ1n) is 9.14. The normalized spacial score (nSPS) is 10.9. The Labute approximate surface area is 173 Å². The van der Waals surface area contributed by atoms with Crippen LogP contribution in [0.5, 0.6) is 0 Å². The predicted octanol–water partition coefficient (Wildman–Crippen LogP) is 3.58. The maximum absolute atomic E-state index is 13.2. The zero-order valence-electron chi connectivity index (χ0n) is 16.2. The van der Waals surface area contributed by atoms with E-state index in [1.165, 1.54) is 19.1 Å². The van der Waals surface area contributed by atoms with E-state index in [4.69, 9.17) is 0 Å². The van der Waals surface area contributed by atoms with E-state index in [0.29, 0.717) is 16.9 Å². The van der Waals surface area contributed by atoms with Crippen LogP contribution in [0.4, 0.5) is 15.8 Å². The number of halogens is 1. The molecule has 3 N–H and O–H groups in total. The van der Waals surface area contributed by atoms with Crippen LogP contribution < -0.4 is 16.0 Å². The Kier molecular flexibility index (Phi) is 6.83. The van der Waals surface area contributed by atoms with Crippen molar-refractivity contribution in [2.45, 2.75) is 13.5 Å². The van der Waals surface area contributed by atoms with Crippen LogP contribution >= 0.6 is 0 Å². The number of benzene rings is 2. The number of anilines is 2. The van der Waals surface area contributed by atoms with E-state index < -0.39 is 5.91 Å². The summed E-state index contributed by atoms with van der Waals surface area (Å²) in [6.07, 6.45) is 3.34. The van der Waals surface area contributed by atoms with Crippen molar-refractivity contribution in [2.24, 2.45) is 4.99 Å². The molecule has 0 saturated carbocycles. The summed E-state index contributed by atoms with van der Waals surface area (Å²) in [5.74, 6) is -0.820. The van der Waals surface area contributed by atoms with Gasteiger partial charge in [-0.1, -0.05) is 12.1 Å². The highest BCUT2D eigenvalue weighted by Crippen LogP contribution is 2.12. The molecule has 0 aliphatic rings. The third kappa shape index (κ3) is 6.23. The van der Waals surface area contributed by atoms with Crippen LogP contribution in [0, 0.1) is 5.82 Å². The molecule has 2 aromatic carbocycles. The van der Waals surface area contributed by atoms with Gasteiger partial charge in [0.25, 0.3) is 5.91 Å². The number of aliphatic imine (C=N–C) groups is 1. The smallest absolute Gasteiger partial charge is 0.258 e. The zero-order chi connectivity index (χ0) is 21.3. The molecule has 0 unspecified atom stereocenters. The number of hydrogen-bond acceptors (Lipinski definition) is 4. The summed E-state index contributed by atoms with van der Waals surface area (Å²) in [5, 5.41) is 8.34. The fraction of sp³-hybridized carbons (Fsp3) is 0.0909. The summed E-state index contributed by atoms with van der Waals surface area (Å²) in [7, 11) is 0. The third-order valence-electron chi connectivity index (χ3n) is 3.93. The standard InChI is InChI=1S/C22H20FN5O2/c1-15(29)26-20-6-2-5-17(12-20)21(30)28-22(25-14-16-4-3-11-24-13-16)27-19-9-7-18(23)8-10-19/h2-13H,14H2,1H3,(H,26,29)(H2,25,27,28,30). The van der Waals surface area contributed by atoms with Crippen LogP contribution in [0.15, 0.2) is 78.0 Å². The van der Waals surface area contributed by atoms with Gasteiger partial charge in [0.1, 0.15) is 5.82 Å². The number of pyridine rings is 1. The van der Waals surface area contributed by atoms with E-state index >= 15 is 0 Å². The second kappa shape index (κ2) is 9.92. The number of guanidine groups is 1. The maximum atomic E-state index is 13.2. The lowest BCUT2D eigenvalue weighted by Crippen LogP contribution is -2.36. The summed E-state index contributed by atoms with van der Waals surface area (Å²) in [6, 6.07) is 15.9. The molecule has 8 heteroatoms. The third-order valence-corrected chi connectivity index (χ3v) is 3.93. The fourth-order valence-electron chi connectivity index (χ4n) is 2.56. The average Bonchev–Trinajstić information content (AvgIpc) is 2.74. The van der Waals surface area contributed by atoms with Crippen molar-refractivity contribution in [1.29, 1.82) is 0 Å². The van der Waals surface area contributed by atoms with Crippen LogP contribution in [0.2, 0.25) is 0 Å². The molecule has 3 rings (SSSR count). The van der Waals surface area contributed by atoms with Crippen LogP contribution in [0.3, 0.4) is 0 Å². The summed E-state index contributed by atoms with van der Waals surface area (Å²) in [6.45, 7) is 1.67. The lowest BCUT2D eigenvalue weighted by atomic mass is 10.2. The Bertz CT molecular complexity index is 1050. The van der Waals surface area contributed by atoms with Gasteiger partial charge >= 0.3 is 0 Å². The van der Waals surface area contributed by atoms with Crippen molar-refractivity contribution in [3.8, 4) is 0 Å². The van der Waals surface area contributed by atoms with Crippen molar-refractivity contribution in [2.75, 3.05) is 10.6 Å². The van der Waals surface area contributed by atoms with E-state index in [-0.39, 0.29) is 24.2 Å². The lowest BCUT2D eigenvalue weighted by Gasteiger charge is -2.12. The van der Waals surface area contributed by atoms with Crippen molar-refractivity contribution < 1.29 is 14.0 Å². The number of nitrogens with one attached hydrogen (secondary N) is 3. The van der Waals surface area contributed by atoms with Crippen LogP contribution in [-0.4, -0.2) is 22.8 Å². The van der Waals surface area contributed by atoms with Gasteiger partial charge in [0.05, 0.1) is 6.54 Å². The van der Waals surface area contributed by atoms with Gasteiger partial charge in [0.2, 0.25) is 11.9 Å². The molecule has 0 fully saturated rings. The molecule has 1 heterocycles. The highest BCUT2D eigenvalue weighted by molar-refractivity contribution is 6.10. The molecular formula is C22H20FN5O2. The SMILES string of the molecule is CC(=O)Nc1cccc(C(=O)NC(=NCc2cccnc2)Nc2ccc(F)cc2)c1. The van der Waals surface area contributed by atoms with Gasteiger partial charge in [-0.15, -0.1) is 0 Å². The Balaban J connectivity index is 1.79. The number of carbonyl (C=O) groups excluding carboxylic acids is 2. The van der Waals surface area contributed by atoms with Gasteiger partial charge in [0, 0.05) is 36.3 Å². The summed E-state index contributed by atoms with van der Waals surface area (Å²) in [5.41, 5.74) is 2.28. The molecule has 152 valence electrons. The van der Waals surface area contributed by atoms with Gasteiger partial charge in [-0.2, -0.15) is 0 Å². The fourth-order valence-corrected chi connectivity index (χ4v) is 2.56. The highest BCUT2D eigenvalue weighted by atomic mass is 19.1. The molecule has 7 nitrogen and oxygen atoms in total. The molecule has 0 saturated heterocycles. The van der Waals surface area contributed by atoms with E-state index in [2.05, 4.69) is 25.9 Å². The van der Waals surface area contributed by atoms with Gasteiger partial charge < -0.3 is 10.6 Å². The zero-order valence-corrected chi connectivity index (χ0v) is 16.2. The Morgan fingerprint density at radius 3 is 2.50 bits per heavy atom. The monoisotopic (exact) mass is 405 g/mol. The second-order valence-corrected chi connectivity index (χ2v) is 6.37. The molecule has 3 aromatic rings. The van der Waals surface area contributed by atoms with Crippen LogP contribution in [-0.2, 0) is 11.3 Å². The first-order chi connectivity index (χ1) is 14.5. The van der Waals surface area contributed by atoms with E-state index in [1.54, 1.807) is 54.9 Å². The predicted molar refractivity (Wildman–Crippen MR) is 114 cm³/mol. The maximum Gasteiger partial charge on any atom is 0.258 e. The second-order valence-electron chi connectivity index (χ2n) is 6.37. The molecule has 0 aliphatic heterocycles. The minimum Gasteiger partial charge on any atom is -0.326 e. The molecule has 0 spiro atoms. The molecule has 30 heavy (non-hydrogen) atoms. The van der Waals surface area contributed by atoms with Crippen molar-refractivity contribution in [3.05, 3.63) is 90.0 Å². The minimum atomic E-state index is -0.415. The summed E-state index contributed by atoms with van der Waals surface area (Å²) in [4.78, 5) is 32.4. The number of hydrogen-bond donors (Lipinski definition) is 3. The Morgan fingerprint density at radius 1 is 1.00 bits per heavy atom. The number of aromatic nitrogens is 1. The number of carbonyl (C=O) groups is 2. The molecular weight excluding hydrogens is 385 g/mol. The van der Waals surface area contributed by atoms with Gasteiger partial charge in [-0.3, -0.25) is 19.9 Å². The van der Waals surface area contributed by atoms with Gasteiger partial charge in [0.15, 0.2) is 0 Å². The van der Waals surface area contributed by atoms with Gasteiger partial charge in [-0.25, -0.2) is 9.38 Å². The molecule has 0 radical (unpaired) electrons. The number of amides is 2. The minimum absolute atomic E-state index is 0.195. The molecule has 0 bridgehead atoms. The summed E-state index contributed by atoms with van der Waals surface area (Å²) < 4.78 is 13.2. The lowest BCUT2D eigenvalue weighted by molar-refractivity contribution is -0.114. The number of nitrogens with zero attached hydrogens (tertiary/aromatic N) is 2. The molecule has 0 atom stereocenters. The van der Waals surface area contributed by atoms with Crippen molar-refractivity contribution in [1.82, 2.24) is 10.3 Å². The van der Waals surface area contributed by atoms with Crippen LogP contribution in [0.1, 0.15) is 22.8 Å². The first-order valence-corrected chi connectivity index (χ1v) is 9.14. The van der Waals surface area contributed by atoms with E-state index in [9.17, 15) is 14.0 Å². The highest BCUT2D eigenvalue weighted by Gasteiger charge is 2.11. The van der Waals surface area contributed by atoms with Crippen LogP contribution in [0.25, 0.3) is 0 Å². The summed E-state index contributed by atoms with van der Waals surface area (Å²) >= 11 is 0. The Morgan fingerprint density at radius 2 is 1.80 bits per heavy atom. The number of rotatable bonds is 5. The Hall–Kier alpha value is -4.07. The molecule has 2 amide bonds. The molecule has 0 aliphatic carbocycles. The first kappa shape index (κ1) is 20.7. The van der Waals surface area contributed by atoms with E-state index in [1.807, 2.05) is 6.07 Å². The van der Waals surface area contributed by atoms with E-state index in [0.717, 1.165) is 5.56 Å². The molecule has 1 aromatic heterocycles. The largest absolute Gasteiger partial charge is 0.326 e. The topological polar surface area (TPSA) is 95.5 Å². The van der Waals surface area contributed by atoms with Crippen molar-refractivity contribution >= 4 is 29.1 Å².